The van der Waals surface area contributed by atoms with Gasteiger partial charge in [0.05, 0.1) is 6.26 Å². The third-order valence-corrected chi connectivity index (χ3v) is 2.36. The summed E-state index contributed by atoms with van der Waals surface area (Å²) < 4.78 is 5.10. The third-order valence-electron chi connectivity index (χ3n) is 2.36. The minimum absolute atomic E-state index is 0.175. The van der Waals surface area contributed by atoms with E-state index in [2.05, 4.69) is 5.32 Å². The molecule has 1 N–H and O–H groups in total. The molecule has 0 spiro atoms. The minimum atomic E-state index is -0.175. The number of nitrogens with one attached hydrogen (secondary N) is 1. The Labute approximate surface area is 94.1 Å². The summed E-state index contributed by atoms with van der Waals surface area (Å²) in [6, 6.07) is 11.5. The zero-order valence-corrected chi connectivity index (χ0v) is 9.07. The van der Waals surface area contributed by atoms with Crippen LogP contribution in [0.2, 0.25) is 0 Å². The molecule has 3 nitrogen and oxygen atoms in total. The van der Waals surface area contributed by atoms with Crippen LogP contribution >= 0.6 is 0 Å². The number of amides is 1. The summed E-state index contributed by atoms with van der Waals surface area (Å²) in [6.07, 6.45) is 1.52. The van der Waals surface area contributed by atoms with Crippen LogP contribution in [-0.2, 0) is 6.54 Å². The Bertz CT molecular complexity index is 474. The van der Waals surface area contributed by atoms with Gasteiger partial charge in [0.2, 0.25) is 0 Å². The summed E-state index contributed by atoms with van der Waals surface area (Å²) in [7, 11) is 0. The summed E-state index contributed by atoms with van der Waals surface area (Å²) in [5.74, 6) is 0.210. The zero-order chi connectivity index (χ0) is 11.4. The number of rotatable bonds is 3. The SMILES string of the molecule is Cc1ccoc1C(=O)NCc1ccccc1. The van der Waals surface area contributed by atoms with Gasteiger partial charge in [0, 0.05) is 12.1 Å². The summed E-state index contributed by atoms with van der Waals surface area (Å²) in [5, 5.41) is 2.81. The normalized spacial score (nSPS) is 10.1. The van der Waals surface area contributed by atoms with E-state index in [0.29, 0.717) is 12.3 Å². The smallest absolute Gasteiger partial charge is 0.287 e. The molecule has 0 radical (unpaired) electrons. The Hall–Kier alpha value is -2.03. The second-order valence-corrected chi connectivity index (χ2v) is 3.60. The number of carbonyl (C=O) groups excluding carboxylic acids is 1. The number of benzene rings is 1. The largest absolute Gasteiger partial charge is 0.459 e. The second-order valence-electron chi connectivity index (χ2n) is 3.60. The van der Waals surface area contributed by atoms with Crippen molar-refractivity contribution in [3.8, 4) is 0 Å². The predicted octanol–water partition coefficient (Wildman–Crippen LogP) is 2.52. The van der Waals surface area contributed by atoms with Gasteiger partial charge in [-0.2, -0.15) is 0 Å². The lowest BCUT2D eigenvalue weighted by Crippen LogP contribution is -2.22. The van der Waals surface area contributed by atoms with Crippen LogP contribution in [-0.4, -0.2) is 5.91 Å². The van der Waals surface area contributed by atoms with Crippen LogP contribution in [0.4, 0.5) is 0 Å². The van der Waals surface area contributed by atoms with Crippen molar-refractivity contribution in [3.63, 3.8) is 0 Å². The van der Waals surface area contributed by atoms with E-state index in [1.54, 1.807) is 6.07 Å². The number of carbonyl (C=O) groups is 1. The fourth-order valence-corrected chi connectivity index (χ4v) is 1.46. The molecule has 1 amide bonds. The number of hydrogen-bond acceptors (Lipinski definition) is 2. The topological polar surface area (TPSA) is 42.2 Å². The molecule has 1 aromatic heterocycles. The summed E-state index contributed by atoms with van der Waals surface area (Å²) in [6.45, 7) is 2.36. The van der Waals surface area contributed by atoms with Crippen LogP contribution in [0.15, 0.2) is 47.1 Å². The van der Waals surface area contributed by atoms with E-state index >= 15 is 0 Å². The molecule has 16 heavy (non-hydrogen) atoms. The summed E-state index contributed by atoms with van der Waals surface area (Å²) in [5.41, 5.74) is 1.92. The molecule has 1 heterocycles. The van der Waals surface area contributed by atoms with E-state index < -0.39 is 0 Å². The predicted molar refractivity (Wildman–Crippen MR) is 61.1 cm³/mol. The minimum Gasteiger partial charge on any atom is -0.459 e. The highest BCUT2D eigenvalue weighted by Crippen LogP contribution is 2.08. The lowest BCUT2D eigenvalue weighted by molar-refractivity contribution is 0.0922. The number of aryl methyl sites for hydroxylation is 1. The third kappa shape index (κ3) is 2.31. The van der Waals surface area contributed by atoms with Crippen LogP contribution < -0.4 is 5.32 Å². The molecule has 0 atom stereocenters. The molecular formula is C13H13NO2. The molecule has 2 rings (SSSR count). The van der Waals surface area contributed by atoms with Crippen molar-refractivity contribution in [2.24, 2.45) is 0 Å². The standard InChI is InChI=1S/C13H13NO2/c1-10-7-8-16-12(10)13(15)14-9-11-5-3-2-4-6-11/h2-8H,9H2,1H3,(H,14,15). The first kappa shape index (κ1) is 10.5. The fraction of sp³-hybridized carbons (Fsp3) is 0.154. The van der Waals surface area contributed by atoms with Gasteiger partial charge in [-0.3, -0.25) is 4.79 Å². The average molecular weight is 215 g/mol. The van der Waals surface area contributed by atoms with Gasteiger partial charge in [-0.05, 0) is 18.6 Å². The van der Waals surface area contributed by atoms with Crippen molar-refractivity contribution >= 4 is 5.91 Å². The van der Waals surface area contributed by atoms with Gasteiger partial charge in [0.1, 0.15) is 0 Å². The number of hydrogen-bond donors (Lipinski definition) is 1. The lowest BCUT2D eigenvalue weighted by atomic mass is 10.2. The molecule has 0 unspecified atom stereocenters. The molecule has 82 valence electrons. The van der Waals surface area contributed by atoms with Crippen molar-refractivity contribution in [2.45, 2.75) is 13.5 Å². The Morgan fingerprint density at radius 1 is 1.25 bits per heavy atom. The molecule has 0 aliphatic heterocycles. The summed E-state index contributed by atoms with van der Waals surface area (Å²) in [4.78, 5) is 11.7. The van der Waals surface area contributed by atoms with Gasteiger partial charge in [-0.25, -0.2) is 0 Å². The molecular weight excluding hydrogens is 202 g/mol. The molecule has 3 heteroatoms. The molecule has 1 aromatic carbocycles. The van der Waals surface area contributed by atoms with Gasteiger partial charge >= 0.3 is 0 Å². The molecule has 0 aliphatic rings. The highest BCUT2D eigenvalue weighted by molar-refractivity contribution is 5.92. The fourth-order valence-electron chi connectivity index (χ4n) is 1.46. The van der Waals surface area contributed by atoms with Crippen LogP contribution in [0.3, 0.4) is 0 Å². The van der Waals surface area contributed by atoms with E-state index in [9.17, 15) is 4.79 Å². The number of furan rings is 1. The Kier molecular flexibility index (Phi) is 3.05. The molecule has 0 bridgehead atoms. The first-order valence-corrected chi connectivity index (χ1v) is 5.13. The molecule has 0 saturated heterocycles. The van der Waals surface area contributed by atoms with Crippen molar-refractivity contribution in [2.75, 3.05) is 0 Å². The first-order valence-electron chi connectivity index (χ1n) is 5.13. The maximum absolute atomic E-state index is 11.7. The molecule has 0 aliphatic carbocycles. The van der Waals surface area contributed by atoms with Gasteiger partial charge in [0.15, 0.2) is 5.76 Å². The van der Waals surface area contributed by atoms with Crippen molar-refractivity contribution in [1.82, 2.24) is 5.32 Å². The highest BCUT2D eigenvalue weighted by atomic mass is 16.3. The lowest BCUT2D eigenvalue weighted by Gasteiger charge is -2.03. The van der Waals surface area contributed by atoms with Crippen LogP contribution in [0.1, 0.15) is 21.7 Å². The maximum Gasteiger partial charge on any atom is 0.287 e. The van der Waals surface area contributed by atoms with E-state index in [4.69, 9.17) is 4.42 Å². The molecule has 0 fully saturated rings. The zero-order valence-electron chi connectivity index (χ0n) is 9.07. The van der Waals surface area contributed by atoms with Crippen molar-refractivity contribution in [3.05, 3.63) is 59.5 Å². The Morgan fingerprint density at radius 2 is 2.00 bits per heavy atom. The Morgan fingerprint density at radius 3 is 2.62 bits per heavy atom. The van der Waals surface area contributed by atoms with Crippen molar-refractivity contribution < 1.29 is 9.21 Å². The molecule has 2 aromatic rings. The van der Waals surface area contributed by atoms with Gasteiger partial charge in [-0.15, -0.1) is 0 Å². The Balaban J connectivity index is 1.97. The first-order chi connectivity index (χ1) is 7.77. The summed E-state index contributed by atoms with van der Waals surface area (Å²) >= 11 is 0. The second kappa shape index (κ2) is 4.66. The maximum atomic E-state index is 11.7. The van der Waals surface area contributed by atoms with Gasteiger partial charge in [0.25, 0.3) is 5.91 Å². The quantitative estimate of drug-likeness (QED) is 0.854. The van der Waals surface area contributed by atoms with E-state index in [0.717, 1.165) is 11.1 Å². The van der Waals surface area contributed by atoms with Gasteiger partial charge < -0.3 is 9.73 Å². The van der Waals surface area contributed by atoms with Crippen LogP contribution in [0.5, 0.6) is 0 Å². The van der Waals surface area contributed by atoms with E-state index in [-0.39, 0.29) is 5.91 Å². The van der Waals surface area contributed by atoms with Crippen molar-refractivity contribution in [1.29, 1.82) is 0 Å². The molecule has 0 saturated carbocycles. The van der Waals surface area contributed by atoms with E-state index in [1.807, 2.05) is 37.3 Å². The average Bonchev–Trinajstić information content (AvgIpc) is 2.74. The highest BCUT2D eigenvalue weighted by Gasteiger charge is 2.11. The van der Waals surface area contributed by atoms with E-state index in [1.165, 1.54) is 6.26 Å². The van der Waals surface area contributed by atoms with Gasteiger partial charge in [-0.1, -0.05) is 30.3 Å². The van der Waals surface area contributed by atoms with Crippen LogP contribution in [0.25, 0.3) is 0 Å². The monoisotopic (exact) mass is 215 g/mol. The van der Waals surface area contributed by atoms with Crippen LogP contribution in [0, 0.1) is 6.92 Å².